The molecular formula is C17H21N3O2. The van der Waals surface area contributed by atoms with Gasteiger partial charge in [-0.2, -0.15) is 0 Å². The van der Waals surface area contributed by atoms with E-state index in [4.69, 9.17) is 4.74 Å². The maximum Gasteiger partial charge on any atom is 0.221 e. The van der Waals surface area contributed by atoms with Crippen molar-refractivity contribution >= 4 is 23.0 Å². The molecule has 0 aliphatic heterocycles. The molecule has 0 spiro atoms. The Balaban J connectivity index is 2.18. The number of benzene rings is 2. The Labute approximate surface area is 130 Å². The van der Waals surface area contributed by atoms with Crippen LogP contribution in [0.15, 0.2) is 36.4 Å². The molecule has 5 heteroatoms. The quantitative estimate of drug-likeness (QED) is 0.737. The minimum absolute atomic E-state index is 0.113. The molecule has 2 aromatic rings. The van der Waals surface area contributed by atoms with Crippen LogP contribution in [0, 0.1) is 13.8 Å². The van der Waals surface area contributed by atoms with Crippen LogP contribution in [0.1, 0.15) is 18.1 Å². The molecule has 0 radical (unpaired) electrons. The minimum atomic E-state index is -0.113. The van der Waals surface area contributed by atoms with Crippen LogP contribution >= 0.6 is 0 Å². The highest BCUT2D eigenvalue weighted by Crippen LogP contribution is 2.28. The van der Waals surface area contributed by atoms with Crippen molar-refractivity contribution in [3.63, 3.8) is 0 Å². The van der Waals surface area contributed by atoms with Crippen LogP contribution in [-0.4, -0.2) is 13.0 Å². The first kappa shape index (κ1) is 15.7. The van der Waals surface area contributed by atoms with Crippen molar-refractivity contribution in [3.8, 4) is 5.75 Å². The number of nitrogens with one attached hydrogen (secondary N) is 3. The molecule has 0 bridgehead atoms. The molecule has 116 valence electrons. The summed E-state index contributed by atoms with van der Waals surface area (Å²) in [6, 6.07) is 11.6. The maximum atomic E-state index is 11.2. The van der Waals surface area contributed by atoms with Crippen LogP contribution in [0.4, 0.5) is 17.1 Å². The van der Waals surface area contributed by atoms with Gasteiger partial charge in [-0.05, 0) is 55.3 Å². The second kappa shape index (κ2) is 6.85. The lowest BCUT2D eigenvalue weighted by atomic mass is 10.1. The van der Waals surface area contributed by atoms with Gasteiger partial charge in [0.1, 0.15) is 5.75 Å². The van der Waals surface area contributed by atoms with Gasteiger partial charge in [0, 0.05) is 12.6 Å². The van der Waals surface area contributed by atoms with E-state index in [-0.39, 0.29) is 5.91 Å². The van der Waals surface area contributed by atoms with Gasteiger partial charge < -0.3 is 15.5 Å². The Morgan fingerprint density at radius 2 is 1.64 bits per heavy atom. The lowest BCUT2D eigenvalue weighted by Crippen LogP contribution is -2.11. The van der Waals surface area contributed by atoms with Gasteiger partial charge in [-0.15, -0.1) is 0 Å². The summed E-state index contributed by atoms with van der Waals surface area (Å²) in [7, 11) is 1.61. The van der Waals surface area contributed by atoms with Crippen LogP contribution < -0.4 is 20.9 Å². The number of carbonyl (C=O) groups excluding carboxylic acids is 1. The van der Waals surface area contributed by atoms with E-state index in [0.717, 1.165) is 11.4 Å². The SMILES string of the molecule is COc1ccc(NC(C)=O)cc1NNc1cc(C)cc(C)c1. The number of hydrogen-bond acceptors (Lipinski definition) is 4. The fraction of sp³-hybridized carbons (Fsp3) is 0.235. The van der Waals surface area contributed by atoms with Crippen LogP contribution in [0.5, 0.6) is 5.75 Å². The van der Waals surface area contributed by atoms with E-state index in [1.807, 2.05) is 18.2 Å². The molecule has 1 amide bonds. The molecule has 5 nitrogen and oxygen atoms in total. The Hall–Kier alpha value is -2.69. The van der Waals surface area contributed by atoms with Gasteiger partial charge in [-0.1, -0.05) is 6.07 Å². The van der Waals surface area contributed by atoms with Crippen LogP contribution in [-0.2, 0) is 4.79 Å². The fourth-order valence-electron chi connectivity index (χ4n) is 2.27. The second-order valence-corrected chi connectivity index (χ2v) is 5.22. The van der Waals surface area contributed by atoms with E-state index < -0.39 is 0 Å². The zero-order valence-electron chi connectivity index (χ0n) is 13.3. The molecule has 2 aromatic carbocycles. The van der Waals surface area contributed by atoms with E-state index in [0.29, 0.717) is 11.4 Å². The Morgan fingerprint density at radius 3 is 2.23 bits per heavy atom. The zero-order valence-corrected chi connectivity index (χ0v) is 13.3. The third-order valence-corrected chi connectivity index (χ3v) is 3.08. The van der Waals surface area contributed by atoms with Crippen molar-refractivity contribution in [1.82, 2.24) is 0 Å². The highest BCUT2D eigenvalue weighted by molar-refractivity contribution is 5.89. The van der Waals surface area contributed by atoms with E-state index >= 15 is 0 Å². The van der Waals surface area contributed by atoms with Crippen molar-refractivity contribution < 1.29 is 9.53 Å². The molecule has 3 N–H and O–H groups in total. The Kier molecular flexibility index (Phi) is 4.88. The predicted molar refractivity (Wildman–Crippen MR) is 90.5 cm³/mol. The van der Waals surface area contributed by atoms with Crippen molar-refractivity contribution in [2.24, 2.45) is 0 Å². The van der Waals surface area contributed by atoms with Gasteiger partial charge >= 0.3 is 0 Å². The smallest absolute Gasteiger partial charge is 0.221 e. The first-order valence-electron chi connectivity index (χ1n) is 7.04. The topological polar surface area (TPSA) is 62.4 Å². The van der Waals surface area contributed by atoms with Crippen molar-refractivity contribution in [3.05, 3.63) is 47.5 Å². The molecule has 2 rings (SSSR count). The number of amides is 1. The summed E-state index contributed by atoms with van der Waals surface area (Å²) in [5.74, 6) is 0.573. The average Bonchev–Trinajstić information content (AvgIpc) is 2.43. The molecule has 0 unspecified atom stereocenters. The highest BCUT2D eigenvalue weighted by atomic mass is 16.5. The number of ether oxygens (including phenoxy) is 1. The molecule has 0 aliphatic rings. The molecular weight excluding hydrogens is 278 g/mol. The summed E-state index contributed by atoms with van der Waals surface area (Å²) in [4.78, 5) is 11.2. The molecule has 0 aliphatic carbocycles. The van der Waals surface area contributed by atoms with Crippen molar-refractivity contribution in [2.45, 2.75) is 20.8 Å². The molecule has 0 atom stereocenters. The second-order valence-electron chi connectivity index (χ2n) is 5.22. The van der Waals surface area contributed by atoms with E-state index in [2.05, 4.69) is 36.1 Å². The largest absolute Gasteiger partial charge is 0.495 e. The Bertz CT molecular complexity index is 663. The number of rotatable bonds is 5. The van der Waals surface area contributed by atoms with Gasteiger partial charge in [0.15, 0.2) is 0 Å². The zero-order chi connectivity index (χ0) is 16.1. The number of hydrazine groups is 1. The molecule has 22 heavy (non-hydrogen) atoms. The van der Waals surface area contributed by atoms with Crippen LogP contribution in [0.2, 0.25) is 0 Å². The van der Waals surface area contributed by atoms with Crippen molar-refractivity contribution in [1.29, 1.82) is 0 Å². The van der Waals surface area contributed by atoms with E-state index in [9.17, 15) is 4.79 Å². The summed E-state index contributed by atoms with van der Waals surface area (Å²) in [6.45, 7) is 5.58. The first-order chi connectivity index (χ1) is 10.5. The van der Waals surface area contributed by atoms with Crippen molar-refractivity contribution in [2.75, 3.05) is 23.3 Å². The summed E-state index contributed by atoms with van der Waals surface area (Å²) >= 11 is 0. The van der Waals surface area contributed by atoms with Gasteiger partial charge in [0.25, 0.3) is 0 Å². The molecule has 0 saturated carbocycles. The molecule has 0 saturated heterocycles. The standard InChI is InChI=1S/C17H21N3O2/c1-11-7-12(2)9-15(8-11)19-20-16-10-14(18-13(3)21)5-6-17(16)22-4/h5-10,19-20H,1-4H3,(H,18,21). The highest BCUT2D eigenvalue weighted by Gasteiger charge is 2.05. The number of anilines is 3. The third kappa shape index (κ3) is 4.15. The number of methoxy groups -OCH3 is 1. The predicted octanol–water partition coefficient (Wildman–Crippen LogP) is 3.71. The maximum absolute atomic E-state index is 11.2. The molecule has 0 heterocycles. The molecule has 0 aromatic heterocycles. The van der Waals surface area contributed by atoms with Gasteiger partial charge in [0.2, 0.25) is 5.91 Å². The summed E-state index contributed by atoms with van der Waals surface area (Å²) in [5, 5.41) is 2.75. The van der Waals surface area contributed by atoms with Gasteiger partial charge in [-0.3, -0.25) is 10.2 Å². The summed E-state index contributed by atoms with van der Waals surface area (Å²) < 4.78 is 5.33. The van der Waals surface area contributed by atoms with Crippen LogP contribution in [0.25, 0.3) is 0 Å². The van der Waals surface area contributed by atoms with Gasteiger partial charge in [-0.25, -0.2) is 0 Å². The number of carbonyl (C=O) groups is 1. The minimum Gasteiger partial charge on any atom is -0.495 e. The molecule has 0 fully saturated rings. The summed E-state index contributed by atoms with van der Waals surface area (Å²) in [6.07, 6.45) is 0. The summed E-state index contributed by atoms with van der Waals surface area (Å²) in [5.41, 5.74) is 11.1. The average molecular weight is 299 g/mol. The van der Waals surface area contributed by atoms with Gasteiger partial charge in [0.05, 0.1) is 18.5 Å². The normalized spacial score (nSPS) is 10.0. The fourth-order valence-corrected chi connectivity index (χ4v) is 2.27. The number of hydrogen-bond donors (Lipinski definition) is 3. The Morgan fingerprint density at radius 1 is 0.955 bits per heavy atom. The number of aryl methyl sites for hydroxylation is 2. The monoisotopic (exact) mass is 299 g/mol. The van der Waals surface area contributed by atoms with E-state index in [1.165, 1.54) is 18.1 Å². The lowest BCUT2D eigenvalue weighted by Gasteiger charge is -2.15. The van der Waals surface area contributed by atoms with Crippen LogP contribution in [0.3, 0.4) is 0 Å². The lowest BCUT2D eigenvalue weighted by molar-refractivity contribution is -0.114. The first-order valence-corrected chi connectivity index (χ1v) is 7.04. The third-order valence-electron chi connectivity index (χ3n) is 3.08. The van der Waals surface area contributed by atoms with E-state index in [1.54, 1.807) is 19.2 Å².